The van der Waals surface area contributed by atoms with Gasteiger partial charge in [0.15, 0.2) is 0 Å². The van der Waals surface area contributed by atoms with E-state index in [-0.39, 0.29) is 25.0 Å². The highest BCUT2D eigenvalue weighted by atomic mass is 16.5. The standard InChI is InChI=1S/C26H27N5O3/c1-34-17-16-30(26(33)28-22-11-9-20(18-27)10-12-22)19-24(32)31-15-14-29-13-5-8-23(29)25(31)21-6-3-2-4-7-21/h2-13,25H,14-17,19H2,1H3,(H,28,33). The molecule has 0 radical (unpaired) electrons. The third-order valence-corrected chi connectivity index (χ3v) is 5.92. The Labute approximate surface area is 199 Å². The van der Waals surface area contributed by atoms with E-state index in [1.54, 1.807) is 31.4 Å². The minimum Gasteiger partial charge on any atom is -0.383 e. The van der Waals surface area contributed by atoms with Crippen LogP contribution < -0.4 is 5.32 Å². The van der Waals surface area contributed by atoms with E-state index in [4.69, 9.17) is 10.00 Å². The van der Waals surface area contributed by atoms with E-state index in [1.807, 2.05) is 53.6 Å². The van der Waals surface area contributed by atoms with Crippen molar-refractivity contribution in [2.75, 3.05) is 38.7 Å². The van der Waals surface area contributed by atoms with Crippen molar-refractivity contribution in [1.82, 2.24) is 14.4 Å². The van der Waals surface area contributed by atoms with Crippen LogP contribution in [0.4, 0.5) is 10.5 Å². The molecule has 1 aromatic heterocycles. The Morgan fingerprint density at radius 1 is 1.09 bits per heavy atom. The van der Waals surface area contributed by atoms with E-state index >= 15 is 0 Å². The van der Waals surface area contributed by atoms with Crippen molar-refractivity contribution >= 4 is 17.6 Å². The number of hydrogen-bond donors (Lipinski definition) is 1. The number of nitrogens with zero attached hydrogens (tertiary/aromatic N) is 4. The number of nitrogens with one attached hydrogen (secondary N) is 1. The molecule has 2 heterocycles. The van der Waals surface area contributed by atoms with Crippen molar-refractivity contribution in [2.45, 2.75) is 12.6 Å². The molecule has 8 heteroatoms. The summed E-state index contributed by atoms with van der Waals surface area (Å²) >= 11 is 0. The van der Waals surface area contributed by atoms with Gasteiger partial charge in [-0.1, -0.05) is 30.3 Å². The monoisotopic (exact) mass is 457 g/mol. The first-order chi connectivity index (χ1) is 16.6. The van der Waals surface area contributed by atoms with Crippen LogP contribution in [0.1, 0.15) is 22.9 Å². The van der Waals surface area contributed by atoms with Gasteiger partial charge in [-0.3, -0.25) is 4.79 Å². The van der Waals surface area contributed by atoms with Crippen LogP contribution in [0.5, 0.6) is 0 Å². The third kappa shape index (κ3) is 5.11. The van der Waals surface area contributed by atoms with Gasteiger partial charge in [0.05, 0.1) is 24.3 Å². The molecule has 1 atom stereocenters. The summed E-state index contributed by atoms with van der Waals surface area (Å²) in [5.74, 6) is -0.132. The molecule has 1 unspecified atom stereocenters. The van der Waals surface area contributed by atoms with Crippen LogP contribution in [0.3, 0.4) is 0 Å². The van der Waals surface area contributed by atoms with Gasteiger partial charge in [-0.25, -0.2) is 4.79 Å². The topological polar surface area (TPSA) is 90.6 Å². The molecule has 2 aromatic carbocycles. The van der Waals surface area contributed by atoms with Gasteiger partial charge in [-0.15, -0.1) is 0 Å². The number of amides is 3. The molecule has 0 fully saturated rings. The first-order valence-corrected chi connectivity index (χ1v) is 11.1. The molecule has 1 aliphatic rings. The van der Waals surface area contributed by atoms with E-state index in [2.05, 4.69) is 16.0 Å². The maximum Gasteiger partial charge on any atom is 0.322 e. The van der Waals surface area contributed by atoms with Gasteiger partial charge in [0.2, 0.25) is 5.91 Å². The predicted octanol–water partition coefficient (Wildman–Crippen LogP) is 3.47. The lowest BCUT2D eigenvalue weighted by Gasteiger charge is -2.38. The van der Waals surface area contributed by atoms with E-state index < -0.39 is 6.03 Å². The summed E-state index contributed by atoms with van der Waals surface area (Å²) < 4.78 is 7.34. The number of aromatic nitrogens is 1. The first kappa shape index (κ1) is 23.1. The van der Waals surface area contributed by atoms with Crippen LogP contribution in [-0.4, -0.2) is 59.7 Å². The lowest BCUT2D eigenvalue weighted by Crippen LogP contribution is -2.49. The highest BCUT2D eigenvalue weighted by Crippen LogP contribution is 2.32. The summed E-state index contributed by atoms with van der Waals surface area (Å²) in [7, 11) is 1.56. The number of hydrogen-bond acceptors (Lipinski definition) is 4. The van der Waals surface area contributed by atoms with Gasteiger partial charge < -0.3 is 24.4 Å². The van der Waals surface area contributed by atoms with Crippen LogP contribution in [0, 0.1) is 11.3 Å². The summed E-state index contributed by atoms with van der Waals surface area (Å²) in [5, 5.41) is 11.8. The average Bonchev–Trinajstić information content (AvgIpc) is 3.35. The van der Waals surface area contributed by atoms with Crippen LogP contribution in [0.15, 0.2) is 72.9 Å². The third-order valence-electron chi connectivity index (χ3n) is 5.92. The molecule has 1 N–H and O–H groups in total. The van der Waals surface area contributed by atoms with Crippen molar-refractivity contribution in [3.05, 3.63) is 89.7 Å². The Kier molecular flexibility index (Phi) is 7.25. The minimum atomic E-state index is -0.397. The molecule has 0 saturated heterocycles. The molecule has 34 heavy (non-hydrogen) atoms. The summed E-state index contributed by atoms with van der Waals surface area (Å²) in [4.78, 5) is 29.9. The van der Waals surface area contributed by atoms with Gasteiger partial charge in [0, 0.05) is 44.3 Å². The summed E-state index contributed by atoms with van der Waals surface area (Å²) in [6, 6.07) is 22.0. The van der Waals surface area contributed by atoms with Crippen molar-refractivity contribution in [3.8, 4) is 6.07 Å². The van der Waals surface area contributed by atoms with Crippen LogP contribution in [0.2, 0.25) is 0 Å². The fraction of sp³-hybridized carbons (Fsp3) is 0.269. The smallest absolute Gasteiger partial charge is 0.322 e. The maximum atomic E-state index is 13.5. The molecular formula is C26H27N5O3. The molecule has 1 aliphatic heterocycles. The number of carbonyl (C=O) groups is 2. The number of urea groups is 1. The summed E-state index contributed by atoms with van der Waals surface area (Å²) in [6.45, 7) is 1.75. The number of benzene rings is 2. The van der Waals surface area contributed by atoms with Gasteiger partial charge in [-0.2, -0.15) is 5.26 Å². The van der Waals surface area contributed by atoms with E-state index in [0.717, 1.165) is 11.3 Å². The van der Waals surface area contributed by atoms with E-state index in [0.29, 0.717) is 30.9 Å². The minimum absolute atomic E-state index is 0.0739. The lowest BCUT2D eigenvalue weighted by atomic mass is 10.00. The van der Waals surface area contributed by atoms with Crippen molar-refractivity contribution in [1.29, 1.82) is 5.26 Å². The Morgan fingerprint density at radius 3 is 2.56 bits per heavy atom. The zero-order valence-corrected chi connectivity index (χ0v) is 19.1. The number of ether oxygens (including phenoxy) is 1. The van der Waals surface area contributed by atoms with Crippen molar-refractivity contribution in [2.24, 2.45) is 0 Å². The fourth-order valence-electron chi connectivity index (χ4n) is 4.18. The molecule has 3 amide bonds. The largest absolute Gasteiger partial charge is 0.383 e. The molecule has 0 spiro atoms. The van der Waals surface area contributed by atoms with E-state index in [1.165, 1.54) is 4.90 Å². The molecule has 0 bridgehead atoms. The molecule has 4 rings (SSSR count). The van der Waals surface area contributed by atoms with Gasteiger partial charge in [0.25, 0.3) is 0 Å². The Morgan fingerprint density at radius 2 is 1.85 bits per heavy atom. The number of carbonyl (C=O) groups excluding carboxylic acids is 2. The second kappa shape index (κ2) is 10.7. The molecular weight excluding hydrogens is 430 g/mol. The number of fused-ring (bicyclic) bond motifs is 1. The van der Waals surface area contributed by atoms with Crippen LogP contribution in [0.25, 0.3) is 0 Å². The Hall–Kier alpha value is -4.09. The zero-order chi connectivity index (χ0) is 23.9. The van der Waals surface area contributed by atoms with Gasteiger partial charge >= 0.3 is 6.03 Å². The first-order valence-electron chi connectivity index (χ1n) is 11.1. The average molecular weight is 458 g/mol. The highest BCUT2D eigenvalue weighted by Gasteiger charge is 2.33. The molecule has 8 nitrogen and oxygen atoms in total. The SMILES string of the molecule is COCCN(CC(=O)N1CCn2cccc2C1c1ccccc1)C(=O)Nc1ccc(C#N)cc1. The van der Waals surface area contributed by atoms with E-state index in [9.17, 15) is 9.59 Å². The van der Waals surface area contributed by atoms with Crippen molar-refractivity contribution < 1.29 is 14.3 Å². The maximum absolute atomic E-state index is 13.5. The summed E-state index contributed by atoms with van der Waals surface area (Å²) in [5.41, 5.74) is 3.14. The fourth-order valence-corrected chi connectivity index (χ4v) is 4.18. The normalized spacial score (nSPS) is 14.7. The molecule has 174 valence electrons. The number of methoxy groups -OCH3 is 1. The Balaban J connectivity index is 1.53. The van der Waals surface area contributed by atoms with Gasteiger partial charge in [0.1, 0.15) is 6.54 Å². The molecule has 3 aromatic rings. The van der Waals surface area contributed by atoms with Crippen LogP contribution >= 0.6 is 0 Å². The second-order valence-corrected chi connectivity index (χ2v) is 8.06. The van der Waals surface area contributed by atoms with Crippen molar-refractivity contribution in [3.63, 3.8) is 0 Å². The highest BCUT2D eigenvalue weighted by molar-refractivity contribution is 5.92. The van der Waals surface area contributed by atoms with Crippen LogP contribution in [-0.2, 0) is 16.1 Å². The lowest BCUT2D eigenvalue weighted by molar-refractivity contribution is -0.134. The quantitative estimate of drug-likeness (QED) is 0.588. The zero-order valence-electron chi connectivity index (χ0n) is 19.1. The second-order valence-electron chi connectivity index (χ2n) is 8.06. The molecule has 0 saturated carbocycles. The number of anilines is 1. The predicted molar refractivity (Wildman–Crippen MR) is 128 cm³/mol. The van der Waals surface area contributed by atoms with Gasteiger partial charge in [-0.05, 0) is 42.0 Å². The Bertz CT molecular complexity index is 1170. The number of rotatable bonds is 7. The summed E-state index contributed by atoms with van der Waals surface area (Å²) in [6.07, 6.45) is 2.03. The number of nitriles is 1. The molecule has 0 aliphatic carbocycles.